The average molecular weight is 262 g/mol. The molecule has 1 unspecified atom stereocenters. The molecule has 0 saturated carbocycles. The van der Waals surface area contributed by atoms with Crippen LogP contribution in [0.5, 0.6) is 0 Å². The minimum atomic E-state index is -0.788. The fourth-order valence-electron chi connectivity index (χ4n) is 1.18. The molecule has 0 fully saturated rings. The predicted molar refractivity (Wildman–Crippen MR) is 66.4 cm³/mol. The lowest BCUT2D eigenvalue weighted by Gasteiger charge is -2.10. The Bertz CT molecular complexity index is 382. The Morgan fingerprint density at radius 3 is 2.75 bits per heavy atom. The number of rotatable bonds is 5. The minimum absolute atomic E-state index is 0.362. The van der Waals surface area contributed by atoms with E-state index in [1.807, 2.05) is 0 Å². The van der Waals surface area contributed by atoms with Gasteiger partial charge in [0.15, 0.2) is 0 Å². The molecule has 1 rings (SSSR count). The molecule has 0 spiro atoms. The lowest BCUT2D eigenvalue weighted by Crippen LogP contribution is -2.14. The van der Waals surface area contributed by atoms with Crippen LogP contribution in [-0.2, 0) is 4.79 Å². The number of benzene rings is 1. The van der Waals surface area contributed by atoms with Gasteiger partial charge < -0.3 is 10.4 Å². The molecule has 0 aliphatic heterocycles. The minimum Gasteiger partial charge on any atom is -0.481 e. The van der Waals surface area contributed by atoms with Gasteiger partial charge in [-0.1, -0.05) is 30.1 Å². The van der Waals surface area contributed by atoms with Gasteiger partial charge in [-0.2, -0.15) is 0 Å². The summed E-state index contributed by atoms with van der Waals surface area (Å²) in [5.74, 6) is -1.15. The van der Waals surface area contributed by atoms with Gasteiger partial charge in [0.25, 0.3) is 0 Å². The molecule has 0 bridgehead atoms. The maximum absolute atomic E-state index is 10.6. The molecule has 0 heterocycles. The zero-order chi connectivity index (χ0) is 12.1. The van der Waals surface area contributed by atoms with Crippen molar-refractivity contribution in [2.24, 2.45) is 5.92 Å². The molecule has 5 heteroatoms. The first kappa shape index (κ1) is 13.1. The number of nitrogens with one attached hydrogen (secondary N) is 1. The monoisotopic (exact) mass is 261 g/mol. The standard InChI is InChI=1S/C11H13Cl2NO2/c1-7(11(15)16)4-5-14-10-3-2-8(12)6-9(10)13/h2-3,6-7,14H,4-5H2,1H3,(H,15,16). The zero-order valence-electron chi connectivity index (χ0n) is 8.84. The summed E-state index contributed by atoms with van der Waals surface area (Å²) >= 11 is 11.7. The normalized spacial score (nSPS) is 12.2. The van der Waals surface area contributed by atoms with Crippen LogP contribution in [0.2, 0.25) is 10.0 Å². The van der Waals surface area contributed by atoms with E-state index in [1.165, 1.54) is 0 Å². The van der Waals surface area contributed by atoms with Crippen molar-refractivity contribution in [1.82, 2.24) is 0 Å². The number of halogens is 2. The first-order chi connectivity index (χ1) is 7.50. The van der Waals surface area contributed by atoms with E-state index in [-0.39, 0.29) is 5.92 Å². The molecule has 2 N–H and O–H groups in total. The fraction of sp³-hybridized carbons (Fsp3) is 0.364. The number of anilines is 1. The molecular formula is C11H13Cl2NO2. The Balaban J connectivity index is 2.46. The molecule has 0 aliphatic carbocycles. The van der Waals surface area contributed by atoms with Gasteiger partial charge in [0.1, 0.15) is 0 Å². The van der Waals surface area contributed by atoms with Crippen molar-refractivity contribution in [1.29, 1.82) is 0 Å². The van der Waals surface area contributed by atoms with E-state index >= 15 is 0 Å². The molecule has 16 heavy (non-hydrogen) atoms. The van der Waals surface area contributed by atoms with Crippen molar-refractivity contribution < 1.29 is 9.90 Å². The number of carboxylic acid groups (broad SMARTS) is 1. The highest BCUT2D eigenvalue weighted by Crippen LogP contribution is 2.25. The maximum atomic E-state index is 10.6. The van der Waals surface area contributed by atoms with Crippen molar-refractivity contribution in [3.63, 3.8) is 0 Å². The molecule has 1 aromatic carbocycles. The third-order valence-electron chi connectivity index (χ3n) is 2.25. The lowest BCUT2D eigenvalue weighted by molar-refractivity contribution is -0.141. The summed E-state index contributed by atoms with van der Waals surface area (Å²) in [7, 11) is 0. The summed E-state index contributed by atoms with van der Waals surface area (Å²) in [5.41, 5.74) is 0.767. The van der Waals surface area contributed by atoms with E-state index in [4.69, 9.17) is 28.3 Å². The first-order valence-electron chi connectivity index (χ1n) is 4.92. The Morgan fingerprint density at radius 1 is 1.50 bits per heavy atom. The number of hydrogen-bond acceptors (Lipinski definition) is 2. The van der Waals surface area contributed by atoms with Gasteiger partial charge in [0, 0.05) is 11.6 Å². The van der Waals surface area contributed by atoms with Gasteiger partial charge in [-0.05, 0) is 24.6 Å². The van der Waals surface area contributed by atoms with Crippen LogP contribution in [0, 0.1) is 5.92 Å². The Morgan fingerprint density at radius 2 is 2.19 bits per heavy atom. The second-order valence-corrected chi connectivity index (χ2v) is 4.42. The van der Waals surface area contributed by atoms with Crippen molar-refractivity contribution in [2.45, 2.75) is 13.3 Å². The second-order valence-electron chi connectivity index (χ2n) is 3.58. The first-order valence-corrected chi connectivity index (χ1v) is 5.68. The Kier molecular flexibility index (Phi) is 4.90. The predicted octanol–water partition coefficient (Wildman–Crippen LogP) is 3.52. The van der Waals surface area contributed by atoms with E-state index < -0.39 is 5.97 Å². The van der Waals surface area contributed by atoms with Crippen molar-refractivity contribution in [3.05, 3.63) is 28.2 Å². The quantitative estimate of drug-likeness (QED) is 0.853. The summed E-state index contributed by atoms with van der Waals surface area (Å²) in [6.45, 7) is 2.24. The van der Waals surface area contributed by atoms with Crippen molar-refractivity contribution in [2.75, 3.05) is 11.9 Å². The average Bonchev–Trinajstić information content (AvgIpc) is 2.20. The number of aliphatic carboxylic acids is 1. The number of hydrogen-bond donors (Lipinski definition) is 2. The third-order valence-corrected chi connectivity index (χ3v) is 2.79. The lowest BCUT2D eigenvalue weighted by atomic mass is 10.1. The van der Waals surface area contributed by atoms with Crippen LogP contribution < -0.4 is 5.32 Å². The zero-order valence-corrected chi connectivity index (χ0v) is 10.3. The number of carbonyl (C=O) groups is 1. The molecule has 3 nitrogen and oxygen atoms in total. The smallest absolute Gasteiger partial charge is 0.306 e. The fourth-order valence-corrected chi connectivity index (χ4v) is 1.65. The molecular weight excluding hydrogens is 249 g/mol. The molecule has 88 valence electrons. The van der Waals surface area contributed by atoms with Crippen LogP contribution in [0.4, 0.5) is 5.69 Å². The van der Waals surface area contributed by atoms with Gasteiger partial charge in [-0.15, -0.1) is 0 Å². The van der Waals surface area contributed by atoms with Gasteiger partial charge in [-0.25, -0.2) is 0 Å². The topological polar surface area (TPSA) is 49.3 Å². The summed E-state index contributed by atoms with van der Waals surface area (Å²) < 4.78 is 0. The van der Waals surface area contributed by atoms with E-state index in [1.54, 1.807) is 25.1 Å². The Hall–Kier alpha value is -0.930. The highest BCUT2D eigenvalue weighted by molar-refractivity contribution is 6.36. The molecule has 1 aromatic rings. The number of carboxylic acids is 1. The molecule has 0 saturated heterocycles. The summed E-state index contributed by atoms with van der Waals surface area (Å²) in [6.07, 6.45) is 0.550. The van der Waals surface area contributed by atoms with Crippen LogP contribution in [0.15, 0.2) is 18.2 Å². The highest BCUT2D eigenvalue weighted by Gasteiger charge is 2.10. The largest absolute Gasteiger partial charge is 0.481 e. The SMILES string of the molecule is CC(CCNc1ccc(Cl)cc1Cl)C(=O)O. The van der Waals surface area contributed by atoms with E-state index in [2.05, 4.69) is 5.32 Å². The molecule has 0 aromatic heterocycles. The van der Waals surface area contributed by atoms with Gasteiger partial charge in [-0.3, -0.25) is 4.79 Å². The van der Waals surface area contributed by atoms with Crippen LogP contribution in [0.1, 0.15) is 13.3 Å². The Labute approximate surface area is 104 Å². The third kappa shape index (κ3) is 3.91. The summed E-state index contributed by atoms with van der Waals surface area (Å²) in [6, 6.07) is 5.15. The van der Waals surface area contributed by atoms with E-state index in [9.17, 15) is 4.79 Å². The van der Waals surface area contributed by atoms with Crippen LogP contribution in [0.3, 0.4) is 0 Å². The van der Waals surface area contributed by atoms with Crippen LogP contribution in [-0.4, -0.2) is 17.6 Å². The van der Waals surface area contributed by atoms with Crippen LogP contribution in [0.25, 0.3) is 0 Å². The van der Waals surface area contributed by atoms with E-state index in [0.717, 1.165) is 5.69 Å². The van der Waals surface area contributed by atoms with Crippen molar-refractivity contribution in [3.8, 4) is 0 Å². The molecule has 0 radical (unpaired) electrons. The van der Waals surface area contributed by atoms with Gasteiger partial charge in [0.05, 0.1) is 16.6 Å². The highest BCUT2D eigenvalue weighted by atomic mass is 35.5. The van der Waals surface area contributed by atoms with Gasteiger partial charge >= 0.3 is 5.97 Å². The summed E-state index contributed by atoms with van der Waals surface area (Å²) in [5, 5.41) is 12.9. The van der Waals surface area contributed by atoms with Crippen LogP contribution >= 0.6 is 23.2 Å². The molecule has 0 amide bonds. The van der Waals surface area contributed by atoms with Gasteiger partial charge in [0.2, 0.25) is 0 Å². The second kappa shape index (κ2) is 5.97. The van der Waals surface area contributed by atoms with Crippen molar-refractivity contribution >= 4 is 34.9 Å². The summed E-state index contributed by atoms with van der Waals surface area (Å²) in [4.78, 5) is 10.6. The molecule has 0 aliphatic rings. The maximum Gasteiger partial charge on any atom is 0.306 e. The molecule has 1 atom stereocenters. The van der Waals surface area contributed by atoms with E-state index in [0.29, 0.717) is 23.0 Å².